The standard InChI is InChI=1S/C39H57NO3/c1-22(2)24-12-14-30-25(19-24)26-20-29-28(35(4,5)34(26)40-30)13-15-31-37(8)18-17-27(23(3)11-16-32(41)36(6,7)43)38(37,9)21-33(42)39(29,31)10/h12-14,19,22-23,27,29,31-32,40-41,43H,11,15-18,20-21H2,1-10H3/t23-,27-,29-,31+,32-,37+,38-,39+/m1/s1. The van der Waals surface area contributed by atoms with Crippen molar-refractivity contribution in [2.75, 3.05) is 0 Å². The Labute approximate surface area is 260 Å². The minimum absolute atomic E-state index is 0.0546. The maximum absolute atomic E-state index is 14.8. The lowest BCUT2D eigenvalue weighted by atomic mass is 9.38. The molecular formula is C39H57NO3. The van der Waals surface area contributed by atoms with E-state index in [1.165, 1.54) is 33.3 Å². The van der Waals surface area contributed by atoms with E-state index in [1.807, 2.05) is 0 Å². The summed E-state index contributed by atoms with van der Waals surface area (Å²) in [6, 6.07) is 6.93. The number of hydrogen-bond donors (Lipinski definition) is 3. The molecule has 2 aromatic rings. The molecule has 0 spiro atoms. The summed E-state index contributed by atoms with van der Waals surface area (Å²) >= 11 is 0. The van der Waals surface area contributed by atoms with E-state index >= 15 is 0 Å². The molecule has 43 heavy (non-hydrogen) atoms. The molecular weight excluding hydrogens is 530 g/mol. The van der Waals surface area contributed by atoms with Crippen LogP contribution in [0, 0.1) is 39.9 Å². The normalized spacial score (nSPS) is 36.5. The quantitative estimate of drug-likeness (QED) is 0.296. The number of aromatic nitrogens is 1. The van der Waals surface area contributed by atoms with Gasteiger partial charge < -0.3 is 15.2 Å². The van der Waals surface area contributed by atoms with Gasteiger partial charge in [0.1, 0.15) is 5.78 Å². The Hall–Kier alpha value is -1.91. The molecule has 0 unspecified atom stereocenters. The Morgan fingerprint density at radius 3 is 2.40 bits per heavy atom. The number of hydrogen-bond acceptors (Lipinski definition) is 3. The van der Waals surface area contributed by atoms with Crippen molar-refractivity contribution in [2.45, 2.75) is 137 Å². The molecule has 8 atom stereocenters. The predicted molar refractivity (Wildman–Crippen MR) is 176 cm³/mol. The minimum atomic E-state index is -1.09. The van der Waals surface area contributed by atoms with Gasteiger partial charge in [0.15, 0.2) is 0 Å². The number of H-pyrrole nitrogens is 1. The Kier molecular flexibility index (Phi) is 7.08. The van der Waals surface area contributed by atoms with Gasteiger partial charge in [-0.2, -0.15) is 0 Å². The van der Waals surface area contributed by atoms with Crippen molar-refractivity contribution in [1.29, 1.82) is 0 Å². The Bertz CT molecular complexity index is 1470. The van der Waals surface area contributed by atoms with Crippen LogP contribution in [0.4, 0.5) is 0 Å². The summed E-state index contributed by atoms with van der Waals surface area (Å²) in [5.41, 5.74) is 5.27. The van der Waals surface area contributed by atoms with Crippen LogP contribution in [0.2, 0.25) is 0 Å². The number of Topliss-reactive ketones (excluding diaryl/α,β-unsaturated/α-hetero) is 1. The highest BCUT2D eigenvalue weighted by Crippen LogP contribution is 2.74. The molecule has 2 saturated carbocycles. The summed E-state index contributed by atoms with van der Waals surface area (Å²) in [5, 5.41) is 22.2. The fraction of sp³-hybridized carbons (Fsp3) is 0.718. The molecule has 4 aliphatic rings. The van der Waals surface area contributed by atoms with Crippen LogP contribution in [0.3, 0.4) is 0 Å². The number of benzene rings is 1. The first-order valence-corrected chi connectivity index (χ1v) is 17.2. The molecule has 0 amide bonds. The van der Waals surface area contributed by atoms with Crippen molar-refractivity contribution in [3.8, 4) is 0 Å². The van der Waals surface area contributed by atoms with Gasteiger partial charge in [0.25, 0.3) is 0 Å². The molecule has 4 aliphatic carbocycles. The molecule has 0 radical (unpaired) electrons. The summed E-state index contributed by atoms with van der Waals surface area (Å²) < 4.78 is 0. The van der Waals surface area contributed by atoms with E-state index in [-0.39, 0.29) is 27.6 Å². The predicted octanol–water partition coefficient (Wildman–Crippen LogP) is 8.64. The van der Waals surface area contributed by atoms with Crippen LogP contribution in [0.15, 0.2) is 29.8 Å². The summed E-state index contributed by atoms with van der Waals surface area (Å²) in [7, 11) is 0. The summed E-state index contributed by atoms with van der Waals surface area (Å²) in [4.78, 5) is 18.7. The largest absolute Gasteiger partial charge is 0.390 e. The van der Waals surface area contributed by atoms with Crippen molar-refractivity contribution in [3.63, 3.8) is 0 Å². The highest BCUT2D eigenvalue weighted by molar-refractivity contribution is 5.90. The van der Waals surface area contributed by atoms with Gasteiger partial charge in [0.2, 0.25) is 0 Å². The number of fused-ring (bicyclic) bond motifs is 8. The maximum atomic E-state index is 14.8. The van der Waals surface area contributed by atoms with Crippen LogP contribution in [-0.4, -0.2) is 32.7 Å². The molecule has 3 N–H and O–H groups in total. The molecule has 0 aliphatic heterocycles. The SMILES string of the molecule is CC(C)c1ccc2[nH]c3c(c2c1)C[C@@H]1C(=CC[C@@H]2[C@@]1(C)C(=O)C[C@]1(C)[C@@H]([C@H](C)CC[C@@H](O)C(C)(C)O)CC[C@@]21C)C3(C)C. The maximum Gasteiger partial charge on any atom is 0.140 e. The number of rotatable bonds is 6. The first-order valence-electron chi connectivity index (χ1n) is 17.2. The van der Waals surface area contributed by atoms with Crippen molar-refractivity contribution >= 4 is 16.7 Å². The zero-order valence-corrected chi connectivity index (χ0v) is 28.5. The number of aliphatic hydroxyl groups excluding tert-OH is 1. The second kappa shape index (κ2) is 9.79. The van der Waals surface area contributed by atoms with Gasteiger partial charge in [0.05, 0.1) is 11.7 Å². The summed E-state index contributed by atoms with van der Waals surface area (Å²) in [6.07, 6.45) is 8.18. The van der Waals surface area contributed by atoms with Crippen molar-refractivity contribution in [3.05, 3.63) is 46.7 Å². The van der Waals surface area contributed by atoms with Gasteiger partial charge >= 0.3 is 0 Å². The second-order valence-corrected chi connectivity index (χ2v) is 17.4. The third-order valence-electron chi connectivity index (χ3n) is 14.1. The van der Waals surface area contributed by atoms with Gasteiger partial charge in [-0.05, 0) is 116 Å². The fourth-order valence-corrected chi connectivity index (χ4v) is 11.0. The van der Waals surface area contributed by atoms with Crippen LogP contribution in [0.25, 0.3) is 10.9 Å². The Morgan fingerprint density at radius 1 is 1.05 bits per heavy atom. The van der Waals surface area contributed by atoms with Gasteiger partial charge in [-0.1, -0.05) is 73.1 Å². The van der Waals surface area contributed by atoms with Crippen LogP contribution in [0.5, 0.6) is 0 Å². The smallest absolute Gasteiger partial charge is 0.140 e. The van der Waals surface area contributed by atoms with Gasteiger partial charge in [-0.25, -0.2) is 0 Å². The number of aromatic amines is 1. The molecule has 236 valence electrons. The number of aliphatic hydroxyl groups is 2. The summed E-state index contributed by atoms with van der Waals surface area (Å²) in [5.74, 6) is 2.35. The molecule has 1 aromatic carbocycles. The third-order valence-corrected chi connectivity index (χ3v) is 14.1. The first kappa shape index (κ1) is 31.1. The van der Waals surface area contributed by atoms with Crippen molar-refractivity contribution in [1.82, 2.24) is 4.98 Å². The van der Waals surface area contributed by atoms with E-state index in [9.17, 15) is 15.0 Å². The van der Waals surface area contributed by atoms with E-state index in [1.54, 1.807) is 13.8 Å². The molecule has 4 heteroatoms. The molecule has 1 aromatic heterocycles. The first-order chi connectivity index (χ1) is 19.9. The Morgan fingerprint density at radius 2 is 1.74 bits per heavy atom. The highest BCUT2D eigenvalue weighted by atomic mass is 16.3. The van der Waals surface area contributed by atoms with Gasteiger partial charge in [0, 0.05) is 33.8 Å². The van der Waals surface area contributed by atoms with Crippen LogP contribution < -0.4 is 0 Å². The third kappa shape index (κ3) is 4.24. The van der Waals surface area contributed by atoms with Gasteiger partial charge in [-0.3, -0.25) is 4.79 Å². The van der Waals surface area contributed by atoms with E-state index in [0.29, 0.717) is 42.3 Å². The molecule has 2 fully saturated rings. The average Bonchev–Trinajstić information content (AvgIpc) is 3.42. The highest BCUT2D eigenvalue weighted by Gasteiger charge is 2.70. The van der Waals surface area contributed by atoms with Crippen LogP contribution in [-0.2, 0) is 16.6 Å². The zero-order chi connectivity index (χ0) is 31.5. The topological polar surface area (TPSA) is 73.3 Å². The zero-order valence-electron chi connectivity index (χ0n) is 28.5. The average molecular weight is 588 g/mol. The number of allylic oxidation sites excluding steroid dienone is 2. The number of nitrogens with one attached hydrogen (secondary N) is 1. The van der Waals surface area contributed by atoms with E-state index in [2.05, 4.69) is 84.6 Å². The minimum Gasteiger partial charge on any atom is -0.390 e. The number of ketones is 1. The molecule has 0 bridgehead atoms. The van der Waals surface area contributed by atoms with Crippen LogP contribution >= 0.6 is 0 Å². The lowest BCUT2D eigenvalue weighted by molar-refractivity contribution is -0.168. The Balaban J connectivity index is 1.37. The number of carbonyl (C=O) groups excluding carboxylic acids is 1. The molecule has 1 heterocycles. The van der Waals surface area contributed by atoms with E-state index < -0.39 is 11.7 Å². The van der Waals surface area contributed by atoms with Crippen LogP contribution in [0.1, 0.15) is 131 Å². The molecule has 0 saturated heterocycles. The second-order valence-electron chi connectivity index (χ2n) is 17.4. The van der Waals surface area contributed by atoms with E-state index in [4.69, 9.17) is 0 Å². The monoisotopic (exact) mass is 587 g/mol. The lowest BCUT2D eigenvalue weighted by Crippen LogP contribution is -2.63. The van der Waals surface area contributed by atoms with Gasteiger partial charge in [-0.15, -0.1) is 0 Å². The number of carbonyl (C=O) groups is 1. The fourth-order valence-electron chi connectivity index (χ4n) is 11.0. The van der Waals surface area contributed by atoms with Crippen molar-refractivity contribution < 1.29 is 15.0 Å². The molecule has 6 rings (SSSR count). The van der Waals surface area contributed by atoms with Crippen molar-refractivity contribution in [2.24, 2.45) is 39.9 Å². The van der Waals surface area contributed by atoms with E-state index in [0.717, 1.165) is 32.1 Å². The summed E-state index contributed by atoms with van der Waals surface area (Å²) in [6.45, 7) is 22.3. The molecule has 4 nitrogen and oxygen atoms in total. The lowest BCUT2D eigenvalue weighted by Gasteiger charge is -2.64.